The summed E-state index contributed by atoms with van der Waals surface area (Å²) in [5.41, 5.74) is 1.41. The highest BCUT2D eigenvalue weighted by molar-refractivity contribution is 7.85. The Morgan fingerprint density at radius 3 is 2.97 bits per heavy atom. The molecule has 2 unspecified atom stereocenters. The van der Waals surface area contributed by atoms with Crippen LogP contribution in [-0.4, -0.2) is 35.7 Å². The molecule has 1 N–H and O–H groups in total. The number of benzene rings is 1. The molecule has 1 aliphatic rings. The minimum Gasteiger partial charge on any atom is -0.491 e. The predicted octanol–water partition coefficient (Wildman–Crippen LogP) is 2.45. The van der Waals surface area contributed by atoms with Gasteiger partial charge in [0.15, 0.2) is 0 Å². The van der Waals surface area contributed by atoms with Crippen molar-refractivity contribution in [2.24, 2.45) is 0 Å². The smallest absolute Gasteiger partial charge is 0.274 e. The van der Waals surface area contributed by atoms with E-state index in [0.717, 1.165) is 23.6 Å². The molecule has 0 spiro atoms. The lowest BCUT2D eigenvalue weighted by Gasteiger charge is -2.08. The molecule has 1 aliphatic heterocycles. The van der Waals surface area contributed by atoms with Crippen LogP contribution in [0.5, 0.6) is 5.75 Å². The maximum Gasteiger partial charge on any atom is 0.274 e. The number of fused-ring (bicyclic) bond motifs is 2. The first-order valence-electron chi connectivity index (χ1n) is 9.66. The fraction of sp³-hybridized carbons (Fsp3) is 0.238. The van der Waals surface area contributed by atoms with Crippen LogP contribution in [0.4, 0.5) is 0 Å². The van der Waals surface area contributed by atoms with E-state index in [2.05, 4.69) is 15.1 Å². The van der Waals surface area contributed by atoms with E-state index in [4.69, 9.17) is 4.74 Å². The van der Waals surface area contributed by atoms with Crippen molar-refractivity contribution in [3.8, 4) is 5.75 Å². The van der Waals surface area contributed by atoms with Gasteiger partial charge in [0.1, 0.15) is 32.7 Å². The molecule has 0 saturated heterocycles. The molecule has 8 nitrogen and oxygen atoms in total. The first-order valence-corrected chi connectivity index (χ1v) is 11.7. The lowest BCUT2D eigenvalue weighted by Crippen LogP contribution is -2.23. The number of hydrogen-bond acceptors (Lipinski definition) is 8. The fourth-order valence-electron chi connectivity index (χ4n) is 3.41. The van der Waals surface area contributed by atoms with Gasteiger partial charge in [-0.25, -0.2) is 13.9 Å². The molecule has 5 rings (SSSR count). The van der Waals surface area contributed by atoms with E-state index in [1.807, 2.05) is 12.1 Å². The van der Waals surface area contributed by atoms with Gasteiger partial charge in [0.25, 0.3) is 5.56 Å². The molecule has 0 fully saturated rings. The Bertz CT molecular complexity index is 1380. The molecule has 3 aromatic heterocycles. The SMILES string of the molecule is CC(O)c1nc(S(=O)c2ccc3c(=O)n(Cc4ccc5c(n4)CCO5)ncc3c2)cs1. The molecule has 4 heterocycles. The summed E-state index contributed by atoms with van der Waals surface area (Å²) in [7, 11) is -1.51. The van der Waals surface area contributed by atoms with Crippen molar-refractivity contribution in [2.75, 3.05) is 6.61 Å². The number of aromatic nitrogens is 4. The van der Waals surface area contributed by atoms with Crippen LogP contribution >= 0.6 is 11.3 Å². The molecule has 31 heavy (non-hydrogen) atoms. The van der Waals surface area contributed by atoms with Gasteiger partial charge in [0.05, 0.1) is 36.1 Å². The first-order chi connectivity index (χ1) is 15.0. The number of rotatable bonds is 5. The second-order valence-corrected chi connectivity index (χ2v) is 9.49. The van der Waals surface area contributed by atoms with E-state index < -0.39 is 16.9 Å². The number of thiazole rings is 1. The van der Waals surface area contributed by atoms with Gasteiger partial charge in [-0.1, -0.05) is 0 Å². The van der Waals surface area contributed by atoms with Crippen molar-refractivity contribution >= 4 is 32.9 Å². The molecule has 10 heteroatoms. The zero-order chi connectivity index (χ0) is 21.5. The third-order valence-electron chi connectivity index (χ3n) is 4.98. The van der Waals surface area contributed by atoms with E-state index in [1.165, 1.54) is 16.0 Å². The summed E-state index contributed by atoms with van der Waals surface area (Å²) in [4.78, 5) is 22.3. The zero-order valence-corrected chi connectivity index (χ0v) is 18.2. The average Bonchev–Trinajstić information content (AvgIpc) is 3.44. The van der Waals surface area contributed by atoms with E-state index in [-0.39, 0.29) is 12.1 Å². The van der Waals surface area contributed by atoms with Crippen LogP contribution in [0.1, 0.15) is 29.4 Å². The number of aliphatic hydroxyl groups excluding tert-OH is 1. The molecule has 0 aliphatic carbocycles. The van der Waals surface area contributed by atoms with Crippen LogP contribution < -0.4 is 10.3 Å². The Morgan fingerprint density at radius 2 is 2.16 bits per heavy atom. The van der Waals surface area contributed by atoms with Gasteiger partial charge in [-0.3, -0.25) is 9.78 Å². The minimum absolute atomic E-state index is 0.238. The third-order valence-corrected chi connectivity index (χ3v) is 7.42. The predicted molar refractivity (Wildman–Crippen MR) is 116 cm³/mol. The van der Waals surface area contributed by atoms with Crippen molar-refractivity contribution in [1.29, 1.82) is 0 Å². The van der Waals surface area contributed by atoms with Crippen LogP contribution in [0, 0.1) is 0 Å². The van der Waals surface area contributed by atoms with E-state index in [9.17, 15) is 14.1 Å². The van der Waals surface area contributed by atoms with Gasteiger partial charge in [-0.05, 0) is 37.3 Å². The summed E-state index contributed by atoms with van der Waals surface area (Å²) >= 11 is 1.26. The molecular formula is C21H18N4O4S2. The van der Waals surface area contributed by atoms with Gasteiger partial charge < -0.3 is 9.84 Å². The summed E-state index contributed by atoms with van der Waals surface area (Å²) < 4.78 is 19.7. The van der Waals surface area contributed by atoms with Gasteiger partial charge in [-0.2, -0.15) is 5.10 Å². The Kier molecular flexibility index (Phi) is 5.12. The van der Waals surface area contributed by atoms with Crippen LogP contribution in [0.25, 0.3) is 10.8 Å². The normalized spacial score (nSPS) is 14.9. The number of nitrogens with zero attached hydrogens (tertiary/aromatic N) is 4. The summed E-state index contributed by atoms with van der Waals surface area (Å²) in [6.45, 7) is 2.51. The van der Waals surface area contributed by atoms with Crippen LogP contribution in [0.2, 0.25) is 0 Å². The highest BCUT2D eigenvalue weighted by Crippen LogP contribution is 2.25. The number of aliphatic hydroxyl groups is 1. The molecule has 1 aromatic carbocycles. The summed E-state index contributed by atoms with van der Waals surface area (Å²) in [6, 6.07) is 8.73. The van der Waals surface area contributed by atoms with Crippen LogP contribution in [-0.2, 0) is 23.8 Å². The largest absolute Gasteiger partial charge is 0.491 e. The molecule has 158 valence electrons. The molecule has 0 amide bonds. The van der Waals surface area contributed by atoms with Crippen LogP contribution in [0.3, 0.4) is 0 Å². The molecule has 0 bridgehead atoms. The molecule has 2 atom stereocenters. The third kappa shape index (κ3) is 3.78. The molecular weight excluding hydrogens is 436 g/mol. The van der Waals surface area contributed by atoms with E-state index >= 15 is 0 Å². The van der Waals surface area contributed by atoms with E-state index in [1.54, 1.807) is 36.7 Å². The Labute approximate surface area is 183 Å². The lowest BCUT2D eigenvalue weighted by molar-refractivity contribution is 0.198. The molecule has 0 radical (unpaired) electrons. The quantitative estimate of drug-likeness (QED) is 0.494. The first kappa shape index (κ1) is 20.0. The van der Waals surface area contributed by atoms with E-state index in [0.29, 0.717) is 32.3 Å². The van der Waals surface area contributed by atoms with Gasteiger partial charge in [0, 0.05) is 22.1 Å². The average molecular weight is 455 g/mol. The lowest BCUT2D eigenvalue weighted by atomic mass is 10.2. The standard InChI is InChI=1S/C21H18N4O4S2/c1-12(26)20-24-19(11-30-20)31(28)15-3-4-16-13(8-15)9-22-25(21(16)27)10-14-2-5-18-17(23-14)6-7-29-18/h2-5,8-9,11-12,26H,6-7,10H2,1H3. The number of ether oxygens (including phenoxy) is 1. The highest BCUT2D eigenvalue weighted by atomic mass is 32.2. The maximum atomic E-state index is 12.9. The maximum absolute atomic E-state index is 12.9. The van der Waals surface area contributed by atoms with Crippen molar-refractivity contribution in [1.82, 2.24) is 19.7 Å². The van der Waals surface area contributed by atoms with Crippen LogP contribution in [0.15, 0.2) is 56.6 Å². The summed E-state index contributed by atoms with van der Waals surface area (Å²) in [5, 5.41) is 17.6. The van der Waals surface area contributed by atoms with Gasteiger partial charge >= 0.3 is 0 Å². The molecule has 0 saturated carbocycles. The molecule has 4 aromatic rings. The summed E-state index contributed by atoms with van der Waals surface area (Å²) in [6.07, 6.45) is 1.65. The van der Waals surface area contributed by atoms with Gasteiger partial charge in [0.2, 0.25) is 0 Å². The topological polar surface area (TPSA) is 107 Å². The van der Waals surface area contributed by atoms with Gasteiger partial charge in [-0.15, -0.1) is 11.3 Å². The minimum atomic E-state index is -1.51. The Hall–Kier alpha value is -2.95. The monoisotopic (exact) mass is 454 g/mol. The second-order valence-electron chi connectivity index (χ2n) is 7.17. The second kappa shape index (κ2) is 7.95. The zero-order valence-electron chi connectivity index (χ0n) is 16.5. The number of hydrogen-bond donors (Lipinski definition) is 1. The van der Waals surface area contributed by atoms with Crippen molar-refractivity contribution < 1.29 is 14.1 Å². The van der Waals surface area contributed by atoms with Crippen molar-refractivity contribution in [3.63, 3.8) is 0 Å². The summed E-state index contributed by atoms with van der Waals surface area (Å²) in [5.74, 6) is 0.795. The number of pyridine rings is 1. The van der Waals surface area contributed by atoms with Crippen molar-refractivity contribution in [2.45, 2.75) is 35.9 Å². The Balaban J connectivity index is 1.44. The van der Waals surface area contributed by atoms with Crippen molar-refractivity contribution in [3.05, 3.63) is 68.7 Å². The Morgan fingerprint density at radius 1 is 1.29 bits per heavy atom. The fourth-order valence-corrected chi connectivity index (χ4v) is 5.43. The highest BCUT2D eigenvalue weighted by Gasteiger charge is 2.17.